The molecule has 2 aromatic rings. The fourth-order valence-corrected chi connectivity index (χ4v) is 12.3. The van der Waals surface area contributed by atoms with Crippen molar-refractivity contribution >= 4 is 52.3 Å². The van der Waals surface area contributed by atoms with Gasteiger partial charge >= 0.3 is 13.8 Å². The van der Waals surface area contributed by atoms with E-state index in [0.717, 1.165) is 57.8 Å². The van der Waals surface area contributed by atoms with E-state index in [1.165, 1.54) is 4.90 Å². The van der Waals surface area contributed by atoms with Gasteiger partial charge in [0.05, 0.1) is 59.9 Å². The van der Waals surface area contributed by atoms with Gasteiger partial charge in [0.15, 0.2) is 5.78 Å². The molecule has 6 aliphatic rings. The number of nitrogens with one attached hydrogen (secondary N) is 1. The summed E-state index contributed by atoms with van der Waals surface area (Å²) in [4.78, 5) is 82.4. The number of phosphoric acid groups is 1. The first-order chi connectivity index (χ1) is 30.7. The Labute approximate surface area is 374 Å². The molecular weight excluding hydrogens is 866 g/mol. The van der Waals surface area contributed by atoms with E-state index in [9.17, 15) is 37.2 Å². The number of ketones is 1. The summed E-state index contributed by atoms with van der Waals surface area (Å²) in [6.45, 7) is 3.66. The van der Waals surface area contributed by atoms with Crippen molar-refractivity contribution in [1.29, 1.82) is 0 Å². The highest BCUT2D eigenvalue weighted by atomic mass is 32.2. The minimum Gasteiger partial charge on any atom is -0.492 e. The average molecular weight is 926 g/mol. The van der Waals surface area contributed by atoms with Crippen molar-refractivity contribution < 1.29 is 60.7 Å². The van der Waals surface area contributed by atoms with Crippen molar-refractivity contribution in [3.05, 3.63) is 54.6 Å². The Morgan fingerprint density at radius 1 is 1.00 bits per heavy atom. The quantitative estimate of drug-likeness (QED) is 0.0853. The van der Waals surface area contributed by atoms with Crippen LogP contribution in [0.15, 0.2) is 49.1 Å². The molecule has 3 heterocycles. The summed E-state index contributed by atoms with van der Waals surface area (Å²) < 4.78 is 63.4. The molecule has 1 saturated heterocycles. The normalized spacial score (nSPS) is 29.8. The van der Waals surface area contributed by atoms with Gasteiger partial charge in [0.2, 0.25) is 27.7 Å². The standard InChI is InChI=1S/C46H60N3O13PS/c1-2-31-26-46(31,45(53)48-64(57,58)33-20-21-33)27-39(50)38-24-32-28-49(38)44(52)36(29-12-6-7-13-29)25-41(51)62-40-19-10-15-30(40)14-4-3-5-17-35-42(59-22-11-23-60-63(54,55)56)34-16-8-9-18-37(34)47-43(35)61-32/h2-3,5,8-9,16,18,29-33,36,38,40H,1,4,6-7,10-15,17,19-28H2,(H,48,53)(H2,54,55,56)/b5-3+/t30-,31-,32-,36+,38+,40-,46-/m1/s1. The first kappa shape index (κ1) is 46.4. The average Bonchev–Trinajstić information content (AvgIpc) is 4.04. The van der Waals surface area contributed by atoms with Crippen LogP contribution < -0.4 is 14.2 Å². The zero-order valence-electron chi connectivity index (χ0n) is 36.1. The minimum atomic E-state index is -4.67. The number of hydrogen-bond acceptors (Lipinski definition) is 12. The van der Waals surface area contributed by atoms with Gasteiger partial charge in [-0.05, 0) is 101 Å². The molecule has 1 aromatic heterocycles. The van der Waals surface area contributed by atoms with Crippen LogP contribution in [0.4, 0.5) is 0 Å². The van der Waals surface area contributed by atoms with E-state index in [1.54, 1.807) is 6.08 Å². The zero-order valence-corrected chi connectivity index (χ0v) is 37.9. The first-order valence-electron chi connectivity index (χ1n) is 22.9. The van der Waals surface area contributed by atoms with Gasteiger partial charge in [-0.25, -0.2) is 18.0 Å². The number of rotatable bonds is 14. The molecule has 0 radical (unpaired) electrons. The molecule has 5 fully saturated rings. The highest BCUT2D eigenvalue weighted by Crippen LogP contribution is 2.57. The molecule has 64 heavy (non-hydrogen) atoms. The fraction of sp³-hybridized carbons (Fsp3) is 0.630. The number of amides is 2. The summed E-state index contributed by atoms with van der Waals surface area (Å²) in [6, 6.07) is 6.30. The number of fused-ring (bicyclic) bond motifs is 5. The summed E-state index contributed by atoms with van der Waals surface area (Å²) in [5.41, 5.74) is -0.178. The number of carbonyl (C=O) groups excluding carboxylic acids is 4. The van der Waals surface area contributed by atoms with Crippen LogP contribution >= 0.6 is 7.82 Å². The van der Waals surface area contributed by atoms with Crippen LogP contribution in [0.3, 0.4) is 0 Å². The number of benzene rings is 1. The number of esters is 1. The number of Topliss-reactive ketones (excluding diaryl/α,β-unsaturated/α-hetero) is 1. The molecule has 3 N–H and O–H groups in total. The molecule has 8 rings (SSSR count). The number of carbonyl (C=O) groups is 4. The summed E-state index contributed by atoms with van der Waals surface area (Å²) in [7, 11) is -8.57. The minimum absolute atomic E-state index is 0.0158. The molecule has 2 bridgehead atoms. The lowest BCUT2D eigenvalue weighted by Crippen LogP contribution is -2.47. The lowest BCUT2D eigenvalue weighted by Gasteiger charge is -2.31. The summed E-state index contributed by atoms with van der Waals surface area (Å²) in [5, 5.41) is 0.0519. The Morgan fingerprint density at radius 2 is 1.77 bits per heavy atom. The largest absolute Gasteiger partial charge is 0.492 e. The molecule has 4 saturated carbocycles. The second-order valence-electron chi connectivity index (χ2n) is 18.6. The second-order valence-corrected chi connectivity index (χ2v) is 21.8. The molecule has 2 aliphatic heterocycles. The SMILES string of the molecule is C=C[C@@H]1C[C@]1(CC(=O)[C@@H]1C[C@@H]2CN1C(=O)[C@H](C1CCCC1)CC(=O)O[C@@H]1CCC[C@H]1CC/C=C/Cc1c(nc3ccccc3c1OCCCOP(=O)(O)O)O2)C(=O)NS(=O)(=O)C1CC1. The van der Waals surface area contributed by atoms with Crippen LogP contribution in [-0.4, -0.2) is 94.9 Å². The van der Waals surface area contributed by atoms with Crippen LogP contribution in [0.1, 0.15) is 108 Å². The third-order valence-electron chi connectivity index (χ3n) is 14.2. The monoisotopic (exact) mass is 925 g/mol. The van der Waals surface area contributed by atoms with Crippen molar-refractivity contribution in [1.82, 2.24) is 14.6 Å². The van der Waals surface area contributed by atoms with E-state index in [4.69, 9.17) is 19.2 Å². The van der Waals surface area contributed by atoms with Gasteiger partial charge < -0.3 is 28.9 Å². The van der Waals surface area contributed by atoms with Crippen LogP contribution in [0.5, 0.6) is 11.6 Å². The maximum Gasteiger partial charge on any atom is 0.469 e. The number of hydrogen-bond donors (Lipinski definition) is 3. The molecule has 1 aromatic carbocycles. The molecule has 18 heteroatoms. The van der Waals surface area contributed by atoms with Crippen LogP contribution in [0, 0.1) is 29.1 Å². The van der Waals surface area contributed by atoms with Crippen molar-refractivity contribution in [2.75, 3.05) is 19.8 Å². The van der Waals surface area contributed by atoms with Crippen LogP contribution in [0.25, 0.3) is 10.9 Å². The predicted octanol–water partition coefficient (Wildman–Crippen LogP) is 6.02. The van der Waals surface area contributed by atoms with E-state index in [0.29, 0.717) is 41.5 Å². The highest BCUT2D eigenvalue weighted by Gasteiger charge is 2.61. The van der Waals surface area contributed by atoms with Gasteiger partial charge in [-0.15, -0.1) is 6.58 Å². The molecule has 16 nitrogen and oxygen atoms in total. The number of aromatic nitrogens is 1. The summed E-state index contributed by atoms with van der Waals surface area (Å²) in [6.07, 6.45) is 13.4. The summed E-state index contributed by atoms with van der Waals surface area (Å²) >= 11 is 0. The predicted molar refractivity (Wildman–Crippen MR) is 234 cm³/mol. The number of pyridine rings is 1. The molecule has 2 amide bonds. The molecule has 0 unspecified atom stereocenters. The number of phosphoric ester groups is 1. The summed E-state index contributed by atoms with van der Waals surface area (Å²) in [5.74, 6) is -2.32. The smallest absolute Gasteiger partial charge is 0.469 e. The highest BCUT2D eigenvalue weighted by molar-refractivity contribution is 7.90. The first-order valence-corrected chi connectivity index (χ1v) is 26.0. The fourth-order valence-electron chi connectivity index (χ4n) is 10.5. The number of ether oxygens (including phenoxy) is 3. The number of para-hydroxylation sites is 1. The van der Waals surface area contributed by atoms with Gasteiger partial charge in [-0.1, -0.05) is 43.2 Å². The topological polar surface area (TPSA) is 225 Å². The number of allylic oxidation sites excluding steroid dienone is 3. The Bertz CT molecular complexity index is 2310. The van der Waals surface area contributed by atoms with Crippen LogP contribution in [-0.2, 0) is 49.4 Å². The molecule has 7 atom stereocenters. The lowest BCUT2D eigenvalue weighted by atomic mass is 9.86. The van der Waals surface area contributed by atoms with Crippen LogP contribution in [0.2, 0.25) is 0 Å². The third-order valence-corrected chi connectivity index (χ3v) is 16.5. The second kappa shape index (κ2) is 19.4. The third kappa shape index (κ3) is 10.6. The Balaban J connectivity index is 1.15. The molecule has 0 spiro atoms. The van der Waals surface area contributed by atoms with Gasteiger partial charge in [0, 0.05) is 24.6 Å². The van der Waals surface area contributed by atoms with Gasteiger partial charge in [-0.3, -0.25) is 28.4 Å². The van der Waals surface area contributed by atoms with Crippen molar-refractivity contribution in [2.24, 2.45) is 29.1 Å². The van der Waals surface area contributed by atoms with Crippen molar-refractivity contribution in [2.45, 2.75) is 133 Å². The van der Waals surface area contributed by atoms with E-state index >= 15 is 4.79 Å². The van der Waals surface area contributed by atoms with Crippen molar-refractivity contribution in [3.63, 3.8) is 0 Å². The maximum atomic E-state index is 15.1. The molecule has 348 valence electrons. The molecule has 4 aliphatic carbocycles. The number of sulfonamides is 1. The van der Waals surface area contributed by atoms with Crippen molar-refractivity contribution in [3.8, 4) is 11.6 Å². The Hall–Kier alpha value is -4.15. The van der Waals surface area contributed by atoms with Gasteiger partial charge in [-0.2, -0.15) is 0 Å². The lowest BCUT2D eigenvalue weighted by molar-refractivity contribution is -0.156. The zero-order chi connectivity index (χ0) is 45.2. The van der Waals surface area contributed by atoms with E-state index < -0.39 is 70.2 Å². The van der Waals surface area contributed by atoms with Gasteiger partial charge in [0.25, 0.3) is 0 Å². The Kier molecular flexibility index (Phi) is 14.0. The molecular formula is C46H60N3O13PS. The number of nitrogens with zero attached hydrogens (tertiary/aromatic N) is 2. The maximum absolute atomic E-state index is 15.1. The van der Waals surface area contributed by atoms with Gasteiger partial charge in [0.1, 0.15) is 18.0 Å². The van der Waals surface area contributed by atoms with E-state index in [1.807, 2.05) is 30.3 Å². The Morgan fingerprint density at radius 3 is 2.50 bits per heavy atom. The van der Waals surface area contributed by atoms with E-state index in [2.05, 4.69) is 21.9 Å². The van der Waals surface area contributed by atoms with E-state index in [-0.39, 0.29) is 81.6 Å².